The molecule has 124 valence electrons. The van der Waals surface area contributed by atoms with Crippen LogP contribution < -0.4 is 4.31 Å². The van der Waals surface area contributed by atoms with E-state index in [1.54, 1.807) is 0 Å². The van der Waals surface area contributed by atoms with Crippen molar-refractivity contribution in [2.75, 3.05) is 11.4 Å². The fraction of sp³-hybridized carbons (Fsp3) is 0.143. The van der Waals surface area contributed by atoms with E-state index in [1.807, 2.05) is 0 Å². The summed E-state index contributed by atoms with van der Waals surface area (Å²) in [5.41, 5.74) is -0.565. The monoisotopic (exact) mass is 367 g/mol. The van der Waals surface area contributed by atoms with Crippen LogP contribution in [0.2, 0.25) is 5.02 Å². The quantitative estimate of drug-likeness (QED) is 0.608. The van der Waals surface area contributed by atoms with Crippen LogP contribution >= 0.6 is 11.6 Å². The van der Waals surface area contributed by atoms with E-state index >= 15 is 0 Å². The van der Waals surface area contributed by atoms with Gasteiger partial charge in [-0.2, -0.15) is 0 Å². The molecule has 2 aromatic rings. The maximum Gasteiger partial charge on any atom is 0.239 e. The summed E-state index contributed by atoms with van der Waals surface area (Å²) in [5.74, 6) is -6.14. The molecule has 0 saturated heterocycles. The molecule has 23 heavy (non-hydrogen) atoms. The molecular formula is C14H10ClF4NO2S. The SMILES string of the molecule is CN(c1ccc(F)c(F)c1F)S(=O)(=O)Cc1ccc(F)cc1Cl. The van der Waals surface area contributed by atoms with E-state index in [2.05, 4.69) is 0 Å². The summed E-state index contributed by atoms with van der Waals surface area (Å²) in [5, 5.41) is -0.118. The number of sulfonamides is 1. The normalized spacial score (nSPS) is 11.6. The third kappa shape index (κ3) is 3.59. The van der Waals surface area contributed by atoms with Gasteiger partial charge in [0.1, 0.15) is 5.82 Å². The van der Waals surface area contributed by atoms with Gasteiger partial charge >= 0.3 is 0 Å². The first-order chi connectivity index (χ1) is 10.6. The van der Waals surface area contributed by atoms with Gasteiger partial charge in [-0.1, -0.05) is 17.7 Å². The Bertz CT molecular complexity index is 858. The smallest absolute Gasteiger partial charge is 0.239 e. The van der Waals surface area contributed by atoms with Crippen molar-refractivity contribution in [2.24, 2.45) is 0 Å². The molecule has 0 aliphatic heterocycles. The second-order valence-electron chi connectivity index (χ2n) is 4.65. The minimum absolute atomic E-state index is 0.0860. The highest BCUT2D eigenvalue weighted by atomic mass is 35.5. The molecule has 0 bridgehead atoms. The number of rotatable bonds is 4. The Morgan fingerprint density at radius 3 is 2.30 bits per heavy atom. The van der Waals surface area contributed by atoms with E-state index in [9.17, 15) is 26.0 Å². The molecule has 0 spiro atoms. The average Bonchev–Trinajstić information content (AvgIpc) is 2.47. The van der Waals surface area contributed by atoms with Crippen LogP contribution in [0, 0.1) is 23.3 Å². The molecule has 2 aromatic carbocycles. The maximum atomic E-state index is 13.7. The Balaban J connectivity index is 2.38. The molecule has 0 atom stereocenters. The van der Waals surface area contributed by atoms with Crippen molar-refractivity contribution in [2.45, 2.75) is 5.75 Å². The van der Waals surface area contributed by atoms with Crippen molar-refractivity contribution >= 4 is 27.3 Å². The minimum Gasteiger partial charge on any atom is -0.270 e. The van der Waals surface area contributed by atoms with Crippen LogP contribution in [0.25, 0.3) is 0 Å². The van der Waals surface area contributed by atoms with E-state index < -0.39 is 44.7 Å². The predicted molar refractivity (Wildman–Crippen MR) is 78.8 cm³/mol. The zero-order valence-electron chi connectivity index (χ0n) is 11.7. The minimum atomic E-state index is -4.16. The second-order valence-corrected chi connectivity index (χ2v) is 7.06. The van der Waals surface area contributed by atoms with Crippen LogP contribution in [0.1, 0.15) is 5.56 Å². The first-order valence-electron chi connectivity index (χ1n) is 6.17. The highest BCUT2D eigenvalue weighted by molar-refractivity contribution is 7.92. The largest absolute Gasteiger partial charge is 0.270 e. The highest BCUT2D eigenvalue weighted by Gasteiger charge is 2.25. The molecule has 0 fully saturated rings. The summed E-state index contributed by atoms with van der Waals surface area (Å²) in [6.45, 7) is 0. The van der Waals surface area contributed by atoms with Crippen LogP contribution in [0.4, 0.5) is 23.2 Å². The van der Waals surface area contributed by atoms with Crippen molar-refractivity contribution < 1.29 is 26.0 Å². The van der Waals surface area contributed by atoms with E-state index in [0.29, 0.717) is 10.4 Å². The van der Waals surface area contributed by atoms with Gasteiger partial charge in [-0.3, -0.25) is 4.31 Å². The Hall–Kier alpha value is -1.80. The zero-order chi connectivity index (χ0) is 17.4. The van der Waals surface area contributed by atoms with E-state index in [0.717, 1.165) is 25.2 Å². The molecule has 0 aliphatic carbocycles. The van der Waals surface area contributed by atoms with Gasteiger partial charge in [-0.25, -0.2) is 26.0 Å². The van der Waals surface area contributed by atoms with Crippen LogP contribution in [0.5, 0.6) is 0 Å². The number of hydrogen-bond donors (Lipinski definition) is 0. The summed E-state index contributed by atoms with van der Waals surface area (Å²) in [6.07, 6.45) is 0. The average molecular weight is 368 g/mol. The van der Waals surface area contributed by atoms with Crippen molar-refractivity contribution in [3.8, 4) is 0 Å². The lowest BCUT2D eigenvalue weighted by molar-refractivity contribution is 0.448. The first kappa shape index (κ1) is 17.6. The zero-order valence-corrected chi connectivity index (χ0v) is 13.2. The van der Waals surface area contributed by atoms with Crippen molar-refractivity contribution in [1.29, 1.82) is 0 Å². The summed E-state index contributed by atoms with van der Waals surface area (Å²) in [7, 11) is -3.17. The van der Waals surface area contributed by atoms with Gasteiger partial charge in [-0.05, 0) is 29.8 Å². The van der Waals surface area contributed by atoms with Crippen LogP contribution in [-0.2, 0) is 15.8 Å². The van der Waals surface area contributed by atoms with Crippen molar-refractivity contribution in [3.05, 3.63) is 64.2 Å². The molecule has 0 amide bonds. The number of hydrogen-bond acceptors (Lipinski definition) is 2. The topological polar surface area (TPSA) is 37.4 Å². The van der Waals surface area contributed by atoms with Crippen molar-refractivity contribution in [1.82, 2.24) is 0 Å². The fourth-order valence-electron chi connectivity index (χ4n) is 1.84. The van der Waals surface area contributed by atoms with Gasteiger partial charge in [0.05, 0.1) is 11.4 Å². The first-order valence-corrected chi connectivity index (χ1v) is 8.16. The van der Waals surface area contributed by atoms with Gasteiger partial charge in [0.15, 0.2) is 17.5 Å². The number of benzene rings is 2. The number of anilines is 1. The Labute approximate surface area is 135 Å². The van der Waals surface area contributed by atoms with Crippen LogP contribution in [0.3, 0.4) is 0 Å². The lowest BCUT2D eigenvalue weighted by Gasteiger charge is -2.20. The summed E-state index contributed by atoms with van der Waals surface area (Å²) in [4.78, 5) is 0. The fourth-order valence-corrected chi connectivity index (χ4v) is 3.43. The molecule has 2 rings (SSSR count). The predicted octanol–water partition coefficient (Wildman–Crippen LogP) is 3.86. The molecule has 0 saturated carbocycles. The third-order valence-electron chi connectivity index (χ3n) is 3.12. The molecule has 0 N–H and O–H groups in total. The van der Waals surface area contributed by atoms with E-state index in [4.69, 9.17) is 11.6 Å². The van der Waals surface area contributed by atoms with Gasteiger partial charge in [0, 0.05) is 12.1 Å². The standard InChI is InChI=1S/C14H10ClF4NO2S/c1-20(12-5-4-11(17)13(18)14(12)19)23(21,22)7-8-2-3-9(16)6-10(8)15/h2-6H,7H2,1H3. The molecule has 0 radical (unpaired) electrons. The van der Waals surface area contributed by atoms with E-state index in [1.165, 1.54) is 6.07 Å². The molecule has 0 aliphatic rings. The summed E-state index contributed by atoms with van der Waals surface area (Å²) >= 11 is 5.76. The molecule has 0 heterocycles. The Morgan fingerprint density at radius 1 is 1.04 bits per heavy atom. The van der Waals surface area contributed by atoms with Crippen LogP contribution in [0.15, 0.2) is 30.3 Å². The van der Waals surface area contributed by atoms with Gasteiger partial charge < -0.3 is 0 Å². The lowest BCUT2D eigenvalue weighted by Crippen LogP contribution is -2.29. The lowest BCUT2D eigenvalue weighted by atomic mass is 10.2. The summed E-state index contributed by atoms with van der Waals surface area (Å²) < 4.78 is 77.9. The molecule has 0 aromatic heterocycles. The molecule has 3 nitrogen and oxygen atoms in total. The number of nitrogens with zero attached hydrogens (tertiary/aromatic N) is 1. The van der Waals surface area contributed by atoms with E-state index in [-0.39, 0.29) is 10.6 Å². The highest BCUT2D eigenvalue weighted by Crippen LogP contribution is 2.27. The third-order valence-corrected chi connectivity index (χ3v) is 5.18. The Kier molecular flexibility index (Phi) is 4.86. The molecule has 0 unspecified atom stereocenters. The second kappa shape index (κ2) is 6.37. The Morgan fingerprint density at radius 2 is 1.70 bits per heavy atom. The molecular weight excluding hydrogens is 358 g/mol. The number of halogens is 5. The van der Waals surface area contributed by atoms with Gasteiger partial charge in [-0.15, -0.1) is 0 Å². The summed E-state index contributed by atoms with van der Waals surface area (Å²) in [6, 6.07) is 4.55. The van der Waals surface area contributed by atoms with Gasteiger partial charge in [0.2, 0.25) is 10.0 Å². The van der Waals surface area contributed by atoms with Crippen LogP contribution in [-0.4, -0.2) is 15.5 Å². The molecule has 9 heteroatoms. The van der Waals surface area contributed by atoms with Crippen molar-refractivity contribution in [3.63, 3.8) is 0 Å². The maximum absolute atomic E-state index is 13.7. The van der Waals surface area contributed by atoms with Gasteiger partial charge in [0.25, 0.3) is 0 Å².